The van der Waals surface area contributed by atoms with Gasteiger partial charge in [-0.1, -0.05) is 45.7 Å². The van der Waals surface area contributed by atoms with Gasteiger partial charge in [-0.3, -0.25) is 4.79 Å². The van der Waals surface area contributed by atoms with Gasteiger partial charge < -0.3 is 14.9 Å². The summed E-state index contributed by atoms with van der Waals surface area (Å²) >= 11 is 0. The number of amides is 1. The van der Waals surface area contributed by atoms with Crippen LogP contribution < -0.4 is 5.32 Å². The number of carbonyl (C=O) groups is 1. The molecular weight excluding hydrogens is 256 g/mol. The third-order valence-electron chi connectivity index (χ3n) is 3.34. The van der Waals surface area contributed by atoms with E-state index in [-0.39, 0.29) is 24.1 Å². The Morgan fingerprint density at radius 1 is 1.40 bits per heavy atom. The average molecular weight is 282 g/mol. The zero-order valence-corrected chi connectivity index (χ0v) is 12.9. The second-order valence-electron chi connectivity index (χ2n) is 5.68. The first-order valence-corrected chi connectivity index (χ1v) is 7.39. The number of carbonyl (C=O) groups excluding carboxylic acids is 1. The van der Waals surface area contributed by atoms with Crippen molar-refractivity contribution in [1.29, 1.82) is 0 Å². The van der Waals surface area contributed by atoms with Crippen molar-refractivity contribution in [3.05, 3.63) is 17.5 Å². The van der Waals surface area contributed by atoms with E-state index in [9.17, 15) is 9.90 Å². The molecule has 114 valence electrons. The number of aromatic nitrogens is 1. The van der Waals surface area contributed by atoms with E-state index in [2.05, 4.69) is 10.5 Å². The molecule has 0 radical (unpaired) electrons. The molecule has 1 amide bonds. The molecule has 0 spiro atoms. The van der Waals surface area contributed by atoms with Gasteiger partial charge in [-0.25, -0.2) is 0 Å². The molecule has 0 bridgehead atoms. The van der Waals surface area contributed by atoms with E-state index in [0.717, 1.165) is 12.8 Å². The highest BCUT2D eigenvalue weighted by atomic mass is 16.5. The summed E-state index contributed by atoms with van der Waals surface area (Å²) in [6, 6.07) is 1.65. The van der Waals surface area contributed by atoms with Crippen LogP contribution >= 0.6 is 0 Å². The predicted molar refractivity (Wildman–Crippen MR) is 77.7 cm³/mol. The van der Waals surface area contributed by atoms with Crippen LogP contribution in [0.1, 0.15) is 75.5 Å². The second-order valence-corrected chi connectivity index (χ2v) is 5.68. The molecular formula is C15H26N2O3. The molecule has 20 heavy (non-hydrogen) atoms. The molecule has 1 aromatic heterocycles. The van der Waals surface area contributed by atoms with Crippen LogP contribution in [0.3, 0.4) is 0 Å². The quantitative estimate of drug-likeness (QED) is 0.768. The van der Waals surface area contributed by atoms with Crippen molar-refractivity contribution in [1.82, 2.24) is 10.5 Å². The molecule has 0 saturated carbocycles. The number of nitrogens with one attached hydrogen (secondary N) is 1. The Hall–Kier alpha value is -1.36. The lowest BCUT2D eigenvalue weighted by Gasteiger charge is -2.27. The van der Waals surface area contributed by atoms with Crippen LogP contribution in [0.25, 0.3) is 0 Å². The maximum Gasteiger partial charge on any atom is 0.273 e. The van der Waals surface area contributed by atoms with Crippen molar-refractivity contribution in [3.8, 4) is 0 Å². The monoisotopic (exact) mass is 282 g/mol. The van der Waals surface area contributed by atoms with Crippen molar-refractivity contribution in [2.24, 2.45) is 0 Å². The van der Waals surface area contributed by atoms with E-state index >= 15 is 0 Å². The second kappa shape index (κ2) is 7.43. The molecule has 0 aromatic carbocycles. The van der Waals surface area contributed by atoms with Crippen molar-refractivity contribution in [2.45, 2.75) is 64.9 Å². The van der Waals surface area contributed by atoms with Gasteiger partial charge in [-0.05, 0) is 12.8 Å². The summed E-state index contributed by atoms with van der Waals surface area (Å²) in [6.45, 7) is 8.24. The van der Waals surface area contributed by atoms with E-state index in [1.165, 1.54) is 0 Å². The van der Waals surface area contributed by atoms with Gasteiger partial charge in [0, 0.05) is 18.5 Å². The molecule has 0 fully saturated rings. The highest BCUT2D eigenvalue weighted by molar-refractivity contribution is 5.92. The fourth-order valence-electron chi connectivity index (χ4n) is 2.24. The average Bonchev–Trinajstić information content (AvgIpc) is 2.86. The zero-order valence-electron chi connectivity index (χ0n) is 12.9. The standard InChI is InChI=1S/C15H26N2O3/c1-5-7-15(19,8-6-2)10-16-14(18)12-9-13(11(3)4)20-17-12/h9,11,19H,5-8,10H2,1-4H3,(H,16,18). The van der Waals surface area contributed by atoms with Crippen LogP contribution in [0, 0.1) is 0 Å². The maximum absolute atomic E-state index is 12.0. The normalized spacial score (nSPS) is 11.9. The molecule has 1 rings (SSSR count). The van der Waals surface area contributed by atoms with Gasteiger partial charge >= 0.3 is 0 Å². The van der Waals surface area contributed by atoms with Crippen LogP contribution in [0.5, 0.6) is 0 Å². The first-order valence-electron chi connectivity index (χ1n) is 7.39. The first kappa shape index (κ1) is 16.7. The van der Waals surface area contributed by atoms with Crippen molar-refractivity contribution >= 4 is 5.91 Å². The van der Waals surface area contributed by atoms with Crippen LogP contribution in [0.4, 0.5) is 0 Å². The number of rotatable bonds is 8. The summed E-state index contributed by atoms with van der Waals surface area (Å²) in [5.74, 6) is 0.583. The number of nitrogens with zero attached hydrogens (tertiary/aromatic N) is 1. The van der Waals surface area contributed by atoms with E-state index in [1.807, 2.05) is 27.7 Å². The third-order valence-corrected chi connectivity index (χ3v) is 3.34. The molecule has 1 aromatic rings. The minimum Gasteiger partial charge on any atom is -0.388 e. The van der Waals surface area contributed by atoms with Gasteiger partial charge in [0.05, 0.1) is 5.60 Å². The van der Waals surface area contributed by atoms with E-state index in [0.29, 0.717) is 18.6 Å². The molecule has 5 heteroatoms. The number of hydrogen-bond acceptors (Lipinski definition) is 4. The fraction of sp³-hybridized carbons (Fsp3) is 0.733. The van der Waals surface area contributed by atoms with Crippen molar-refractivity contribution in [3.63, 3.8) is 0 Å². The Balaban J connectivity index is 2.60. The zero-order chi connectivity index (χ0) is 15.2. The fourth-order valence-corrected chi connectivity index (χ4v) is 2.24. The topological polar surface area (TPSA) is 75.4 Å². The minimum absolute atomic E-state index is 0.196. The Kier molecular flexibility index (Phi) is 6.20. The summed E-state index contributed by atoms with van der Waals surface area (Å²) in [5.41, 5.74) is -0.562. The first-order chi connectivity index (χ1) is 9.41. The Morgan fingerprint density at radius 2 is 2.00 bits per heavy atom. The third kappa shape index (κ3) is 4.63. The van der Waals surface area contributed by atoms with Gasteiger partial charge in [-0.15, -0.1) is 0 Å². The Morgan fingerprint density at radius 3 is 2.45 bits per heavy atom. The van der Waals surface area contributed by atoms with Crippen LogP contribution in [0.2, 0.25) is 0 Å². The van der Waals surface area contributed by atoms with Crippen LogP contribution in [-0.2, 0) is 0 Å². The van der Waals surface area contributed by atoms with E-state index in [4.69, 9.17) is 4.52 Å². The minimum atomic E-state index is -0.830. The summed E-state index contributed by atoms with van der Waals surface area (Å²) in [7, 11) is 0. The number of aliphatic hydroxyl groups is 1. The number of hydrogen-bond donors (Lipinski definition) is 2. The van der Waals surface area contributed by atoms with Crippen LogP contribution in [0.15, 0.2) is 10.6 Å². The van der Waals surface area contributed by atoms with Gasteiger partial charge in [0.2, 0.25) is 0 Å². The summed E-state index contributed by atoms with van der Waals surface area (Å²) in [5, 5.41) is 17.0. The molecule has 0 aliphatic carbocycles. The SMILES string of the molecule is CCCC(O)(CCC)CNC(=O)c1cc(C(C)C)on1. The molecule has 0 unspecified atom stereocenters. The lowest BCUT2D eigenvalue weighted by atomic mass is 9.92. The molecule has 1 heterocycles. The Bertz CT molecular complexity index is 421. The van der Waals surface area contributed by atoms with E-state index in [1.54, 1.807) is 6.07 Å². The highest BCUT2D eigenvalue weighted by Crippen LogP contribution is 2.19. The largest absolute Gasteiger partial charge is 0.388 e. The van der Waals surface area contributed by atoms with Gasteiger partial charge in [-0.2, -0.15) is 0 Å². The maximum atomic E-state index is 12.0. The molecule has 0 aliphatic heterocycles. The molecule has 0 aliphatic rings. The molecule has 0 saturated heterocycles. The van der Waals surface area contributed by atoms with Gasteiger partial charge in [0.25, 0.3) is 5.91 Å². The molecule has 2 N–H and O–H groups in total. The predicted octanol–water partition coefficient (Wildman–Crippen LogP) is 2.86. The lowest BCUT2D eigenvalue weighted by molar-refractivity contribution is 0.0212. The summed E-state index contributed by atoms with van der Waals surface area (Å²) in [6.07, 6.45) is 3.12. The van der Waals surface area contributed by atoms with Crippen LogP contribution in [-0.4, -0.2) is 28.3 Å². The molecule has 5 nitrogen and oxygen atoms in total. The lowest BCUT2D eigenvalue weighted by Crippen LogP contribution is -2.42. The van der Waals surface area contributed by atoms with E-state index < -0.39 is 5.60 Å². The van der Waals surface area contributed by atoms with Gasteiger partial charge in [0.15, 0.2) is 5.69 Å². The van der Waals surface area contributed by atoms with Crippen molar-refractivity contribution < 1.29 is 14.4 Å². The van der Waals surface area contributed by atoms with Gasteiger partial charge in [0.1, 0.15) is 5.76 Å². The molecule has 0 atom stereocenters. The summed E-state index contributed by atoms with van der Waals surface area (Å²) < 4.78 is 5.10. The summed E-state index contributed by atoms with van der Waals surface area (Å²) in [4.78, 5) is 12.0. The highest BCUT2D eigenvalue weighted by Gasteiger charge is 2.26. The smallest absolute Gasteiger partial charge is 0.273 e. The Labute approximate surface area is 120 Å². The van der Waals surface area contributed by atoms with Crippen molar-refractivity contribution in [2.75, 3.05) is 6.54 Å².